The maximum Gasteiger partial charge on any atom is 0.162 e. The van der Waals surface area contributed by atoms with Crippen LogP contribution in [0.3, 0.4) is 0 Å². The van der Waals surface area contributed by atoms with E-state index in [0.717, 1.165) is 4.83 Å². The summed E-state index contributed by atoms with van der Waals surface area (Å²) in [6.45, 7) is 0. The van der Waals surface area contributed by atoms with Crippen molar-refractivity contribution in [2.75, 3.05) is 0 Å². The molecule has 0 bridgehead atoms. The first-order valence-corrected chi connectivity index (χ1v) is 14.0. The first-order valence-electron chi connectivity index (χ1n) is 3.71. The third-order valence-corrected chi connectivity index (χ3v) is 22.7. The highest BCUT2D eigenvalue weighted by Gasteiger charge is 2.68. The van der Waals surface area contributed by atoms with Crippen LogP contribution < -0.4 is 0 Å². The first-order chi connectivity index (χ1) is 7.90. The minimum absolute atomic E-state index is 0.629. The van der Waals surface area contributed by atoms with Crippen LogP contribution in [0.25, 0.3) is 0 Å². The molecule has 13 heteroatoms. The van der Waals surface area contributed by atoms with Crippen LogP contribution >= 0.6 is 207 Å². The molecule has 0 heterocycles. The molecule has 0 aliphatic rings. The van der Waals surface area contributed by atoms with Gasteiger partial charge in [0.15, 0.2) is 4.29 Å². The van der Waals surface area contributed by atoms with Gasteiger partial charge in [-0.25, -0.2) is 0 Å². The Bertz CT molecular complexity index is 319. The molecule has 0 atom stereocenters. The van der Waals surface area contributed by atoms with Gasteiger partial charge >= 0.3 is 0 Å². The van der Waals surface area contributed by atoms with E-state index in [4.69, 9.17) is 0 Å². The lowest BCUT2D eigenvalue weighted by Crippen LogP contribution is -2.56. The summed E-state index contributed by atoms with van der Waals surface area (Å²) in [5.41, 5.74) is 0. The van der Waals surface area contributed by atoms with Gasteiger partial charge < -0.3 is 0 Å². The summed E-state index contributed by atoms with van der Waals surface area (Å²) >= 11 is 46.4. The molecule has 115 valence electrons. The van der Waals surface area contributed by atoms with Crippen molar-refractivity contribution in [3.63, 3.8) is 0 Å². The fourth-order valence-electron chi connectivity index (χ4n) is 0.691. The molecule has 0 saturated heterocycles. The Morgan fingerprint density at radius 2 is 0.842 bits per heavy atom. The summed E-state index contributed by atoms with van der Waals surface area (Å²) in [6.07, 6.45) is 0. The molecule has 0 nitrogen and oxygen atoms in total. The summed E-state index contributed by atoms with van der Waals surface area (Å²) in [7, 11) is 0. The Kier molecular flexibility index (Phi) is 11.3. The summed E-state index contributed by atoms with van der Waals surface area (Å²) in [5.74, 6) is 0. The number of alkyl halides is 12. The predicted molar refractivity (Wildman–Crippen MR) is 133 cm³/mol. The normalized spacial score (nSPS) is 16.1. The number of hydrogen-bond acceptors (Lipinski definition) is 0. The first kappa shape index (κ1) is 25.2. The van der Waals surface area contributed by atoms with Crippen molar-refractivity contribution in [1.29, 1.82) is 0 Å². The maximum absolute atomic E-state index is 3.68. The average molecular weight is 1110 g/mol. The molecule has 0 amide bonds. The van der Waals surface area contributed by atoms with Crippen LogP contribution in [0.15, 0.2) is 0 Å². The molecule has 0 aromatic heterocycles. The standard InChI is InChI=1S/C6Br13/c7-1(3(10,11)12)2(8,9)4(13,14)5(15,16)6(17,18)19. The van der Waals surface area contributed by atoms with Crippen LogP contribution in [-0.4, -0.2) is 14.0 Å². The SMILES string of the molecule is Br[C](C(Br)(Br)Br)C(Br)(Br)C(Br)(Br)C(Br)(Br)C(Br)(Br)Br. The Balaban J connectivity index is 5.78. The molecule has 0 saturated carbocycles. The second kappa shape index (κ2) is 8.50. The van der Waals surface area contributed by atoms with Crippen LogP contribution in [0.4, 0.5) is 0 Å². The van der Waals surface area contributed by atoms with Crippen molar-refractivity contribution in [2.45, 2.75) is 14.0 Å². The molecule has 1 radical (unpaired) electrons. The zero-order valence-corrected chi connectivity index (χ0v) is 28.5. The molecular weight excluding hydrogens is 1110 g/mol. The smallest absolute Gasteiger partial charge is 0.0775 e. The Hall–Kier alpha value is 6.24. The van der Waals surface area contributed by atoms with Gasteiger partial charge in [-0.2, -0.15) is 0 Å². The second-order valence-electron chi connectivity index (χ2n) is 3.03. The number of halogens is 13. The Morgan fingerprint density at radius 3 is 1.05 bits per heavy atom. The van der Waals surface area contributed by atoms with Gasteiger partial charge in [-0.15, -0.1) is 0 Å². The van der Waals surface area contributed by atoms with Crippen LogP contribution in [0.5, 0.6) is 0 Å². The van der Waals surface area contributed by atoms with Crippen LogP contribution in [0.1, 0.15) is 0 Å². The van der Waals surface area contributed by atoms with Crippen LogP contribution in [0.2, 0.25) is 0 Å². The van der Waals surface area contributed by atoms with Crippen molar-refractivity contribution in [3.05, 3.63) is 4.83 Å². The lowest BCUT2D eigenvalue weighted by Gasteiger charge is -2.49. The molecule has 0 spiro atoms. The van der Waals surface area contributed by atoms with E-state index in [2.05, 4.69) is 207 Å². The van der Waals surface area contributed by atoms with Gasteiger partial charge in [-0.3, -0.25) is 0 Å². The van der Waals surface area contributed by atoms with Crippen LogP contribution in [0, 0.1) is 4.83 Å². The molecule has 0 fully saturated rings. The van der Waals surface area contributed by atoms with E-state index in [1.54, 1.807) is 0 Å². The summed E-state index contributed by atoms with van der Waals surface area (Å²) in [5, 5.41) is 0. The van der Waals surface area contributed by atoms with Crippen LogP contribution in [-0.2, 0) is 0 Å². The fourth-order valence-corrected chi connectivity index (χ4v) is 10.3. The second-order valence-corrected chi connectivity index (χ2v) is 27.7. The fraction of sp³-hybridized carbons (Fsp3) is 0.833. The Morgan fingerprint density at radius 1 is 0.526 bits per heavy atom. The molecule has 0 aromatic rings. The van der Waals surface area contributed by atoms with Crippen molar-refractivity contribution >= 4 is 207 Å². The lowest BCUT2D eigenvalue weighted by atomic mass is 10.2. The van der Waals surface area contributed by atoms with Gasteiger partial charge in [0.1, 0.15) is 14.5 Å². The minimum atomic E-state index is -0.768. The predicted octanol–water partition coefficient (Wildman–Crippen LogP) is 10.0. The minimum Gasteiger partial charge on any atom is -0.0775 e. The van der Waals surface area contributed by atoms with Crippen molar-refractivity contribution in [2.24, 2.45) is 0 Å². The van der Waals surface area contributed by atoms with E-state index >= 15 is 0 Å². The van der Waals surface area contributed by atoms with Crippen molar-refractivity contribution in [1.82, 2.24) is 0 Å². The van der Waals surface area contributed by atoms with Crippen molar-refractivity contribution < 1.29 is 0 Å². The van der Waals surface area contributed by atoms with E-state index in [9.17, 15) is 0 Å². The highest BCUT2D eigenvalue weighted by Crippen LogP contribution is 2.72. The van der Waals surface area contributed by atoms with E-state index in [1.165, 1.54) is 0 Å². The van der Waals surface area contributed by atoms with E-state index in [-0.39, 0.29) is 0 Å². The van der Waals surface area contributed by atoms with Gasteiger partial charge in [0.2, 0.25) is 0 Å². The van der Waals surface area contributed by atoms with Gasteiger partial charge in [-0.1, -0.05) is 207 Å². The third kappa shape index (κ3) is 5.86. The summed E-state index contributed by atoms with van der Waals surface area (Å²) in [4.78, 5) is 0.779. The molecule has 0 rings (SSSR count). The molecule has 0 aliphatic heterocycles. The molecular formula is C6Br13. The molecule has 0 unspecified atom stereocenters. The largest absolute Gasteiger partial charge is 0.162 e. The summed E-state index contributed by atoms with van der Waals surface area (Å²) in [6, 6.07) is 0. The summed E-state index contributed by atoms with van der Waals surface area (Å²) < 4.78 is -3.55. The molecule has 19 heavy (non-hydrogen) atoms. The topological polar surface area (TPSA) is 0 Å². The van der Waals surface area contributed by atoms with Gasteiger partial charge in [-0.05, 0) is 0 Å². The third-order valence-electron chi connectivity index (χ3n) is 1.67. The van der Waals surface area contributed by atoms with E-state index in [0.29, 0.717) is 0 Å². The maximum atomic E-state index is 3.68. The molecule has 0 N–H and O–H groups in total. The Labute approximate surface area is 221 Å². The molecule has 0 aromatic carbocycles. The van der Waals surface area contributed by atoms with Gasteiger partial charge in [0.05, 0.1) is 0 Å². The van der Waals surface area contributed by atoms with Gasteiger partial charge in [0, 0.05) is 0 Å². The zero-order chi connectivity index (χ0) is 16.1. The van der Waals surface area contributed by atoms with Gasteiger partial charge in [0.25, 0.3) is 0 Å². The zero-order valence-electron chi connectivity index (χ0n) is 7.91. The monoisotopic (exact) mass is 1100 g/mol. The quantitative estimate of drug-likeness (QED) is 0.247. The lowest BCUT2D eigenvalue weighted by molar-refractivity contribution is 0.746. The van der Waals surface area contributed by atoms with Crippen molar-refractivity contribution in [3.8, 4) is 0 Å². The highest BCUT2D eigenvalue weighted by atomic mass is 80.0. The number of rotatable bonds is 3. The number of hydrogen-bond donors (Lipinski definition) is 0. The van der Waals surface area contributed by atoms with E-state index in [1.807, 2.05) is 0 Å². The molecule has 0 aliphatic carbocycles. The van der Waals surface area contributed by atoms with E-state index < -0.39 is 14.0 Å². The average Bonchev–Trinajstić information content (AvgIpc) is 2.12. The highest BCUT2D eigenvalue weighted by molar-refractivity contribution is 9.42.